The van der Waals surface area contributed by atoms with E-state index < -0.39 is 0 Å². The maximum atomic E-state index is 5.23. The summed E-state index contributed by atoms with van der Waals surface area (Å²) in [6, 6.07) is 0. The molecule has 2 fully saturated rings. The van der Waals surface area contributed by atoms with E-state index in [0.29, 0.717) is 12.2 Å². The monoisotopic (exact) mass is 138 g/mol. The molecule has 0 aromatic carbocycles. The Balaban J connectivity index is 0.000000500. The van der Waals surface area contributed by atoms with E-state index in [1.165, 1.54) is 0 Å². The van der Waals surface area contributed by atoms with E-state index in [-0.39, 0.29) is 18.9 Å². The van der Waals surface area contributed by atoms with Crippen molar-refractivity contribution in [2.45, 2.75) is 12.2 Å². The molecule has 0 aliphatic carbocycles. The molecule has 0 bridgehead atoms. The van der Waals surface area contributed by atoms with E-state index in [1.54, 1.807) is 0 Å². The molecule has 2 unspecified atom stereocenters. The van der Waals surface area contributed by atoms with Crippen LogP contribution in [-0.2, 0) is 14.2 Å². The average molecular weight is 138 g/mol. The zero-order valence-corrected chi connectivity index (χ0v) is 5.21. The van der Waals surface area contributed by atoms with Crippen LogP contribution >= 0.6 is 0 Å². The fourth-order valence-corrected chi connectivity index (χ4v) is 0.659. The van der Waals surface area contributed by atoms with Crippen LogP contribution in [0.2, 0.25) is 0 Å². The van der Waals surface area contributed by atoms with Gasteiger partial charge in [-0.25, -0.2) is 0 Å². The van der Waals surface area contributed by atoms with Gasteiger partial charge in [-0.3, -0.25) is 0 Å². The summed E-state index contributed by atoms with van der Waals surface area (Å²) in [5.74, 6) is 0. The summed E-state index contributed by atoms with van der Waals surface area (Å²) >= 11 is 0. The van der Waals surface area contributed by atoms with Crippen LogP contribution in [0.4, 0.5) is 0 Å². The molecule has 0 N–H and O–H groups in total. The zero-order chi connectivity index (χ0) is 6.10. The number of hydrogen-bond donors (Lipinski definition) is 0. The van der Waals surface area contributed by atoms with Crippen molar-refractivity contribution in [3.05, 3.63) is 0 Å². The van der Waals surface area contributed by atoms with E-state index in [0.717, 1.165) is 26.4 Å². The van der Waals surface area contributed by atoms with Crippen molar-refractivity contribution in [1.82, 2.24) is 0 Å². The van der Waals surface area contributed by atoms with Crippen LogP contribution < -0.4 is 0 Å². The summed E-state index contributed by atoms with van der Waals surface area (Å²) in [7, 11) is 0. The van der Waals surface area contributed by atoms with Crippen LogP contribution in [0.3, 0.4) is 0 Å². The quantitative estimate of drug-likeness (QED) is 0.375. The van der Waals surface area contributed by atoms with Crippen molar-refractivity contribution < 1.29 is 14.2 Å². The van der Waals surface area contributed by atoms with Crippen molar-refractivity contribution in [3.8, 4) is 0 Å². The molecule has 2 aliphatic heterocycles. The topological polar surface area (TPSA) is 34.3 Å². The van der Waals surface area contributed by atoms with Gasteiger partial charge in [0.05, 0.1) is 26.4 Å². The van der Waals surface area contributed by atoms with Crippen LogP contribution in [0.1, 0.15) is 0 Å². The summed E-state index contributed by atoms with van der Waals surface area (Å²) in [6.07, 6.45) is 0.785. The van der Waals surface area contributed by atoms with Crippen LogP contribution in [-0.4, -0.2) is 57.5 Å². The SMILES string of the molecule is C(OCC1CO1)C1CO1.[LiH]. The Hall–Kier alpha value is 0.477. The number of hydrogen-bond acceptors (Lipinski definition) is 3. The van der Waals surface area contributed by atoms with Crippen molar-refractivity contribution in [2.24, 2.45) is 0 Å². The molecule has 10 heavy (non-hydrogen) atoms. The fourth-order valence-electron chi connectivity index (χ4n) is 0.659. The second kappa shape index (κ2) is 3.75. The van der Waals surface area contributed by atoms with Gasteiger partial charge in [0, 0.05) is 0 Å². The zero-order valence-electron chi connectivity index (χ0n) is 5.21. The minimum atomic E-state index is 0. The van der Waals surface area contributed by atoms with Gasteiger partial charge in [0.2, 0.25) is 0 Å². The third-order valence-corrected chi connectivity index (χ3v) is 1.41. The molecule has 3 nitrogen and oxygen atoms in total. The van der Waals surface area contributed by atoms with Crippen LogP contribution in [0.5, 0.6) is 0 Å². The molecule has 0 saturated carbocycles. The summed E-state index contributed by atoms with van der Waals surface area (Å²) in [5.41, 5.74) is 0. The van der Waals surface area contributed by atoms with Gasteiger partial charge in [0.25, 0.3) is 0 Å². The van der Waals surface area contributed by atoms with Crippen molar-refractivity contribution in [2.75, 3.05) is 26.4 Å². The predicted molar refractivity (Wildman–Crippen MR) is 37.4 cm³/mol. The van der Waals surface area contributed by atoms with Crippen molar-refractivity contribution in [1.29, 1.82) is 0 Å². The fraction of sp³-hybridized carbons (Fsp3) is 1.00. The first-order valence-electron chi connectivity index (χ1n) is 3.26. The molecule has 0 spiro atoms. The van der Waals surface area contributed by atoms with E-state index in [2.05, 4.69) is 0 Å². The molecule has 2 atom stereocenters. The summed E-state index contributed by atoms with van der Waals surface area (Å²) < 4.78 is 15.1. The molecule has 0 amide bonds. The van der Waals surface area contributed by atoms with Crippen LogP contribution in [0.15, 0.2) is 0 Å². The van der Waals surface area contributed by atoms with Gasteiger partial charge in [-0.2, -0.15) is 0 Å². The average Bonchev–Trinajstić information content (AvgIpc) is 2.57. The van der Waals surface area contributed by atoms with Crippen LogP contribution in [0, 0.1) is 0 Å². The Morgan fingerprint density at radius 3 is 1.80 bits per heavy atom. The first-order valence-corrected chi connectivity index (χ1v) is 3.26. The molecule has 0 aromatic rings. The summed E-state index contributed by atoms with van der Waals surface area (Å²) in [4.78, 5) is 0. The minimum absolute atomic E-state index is 0. The Morgan fingerprint density at radius 1 is 1.10 bits per heavy atom. The Labute approximate surface area is 72.2 Å². The van der Waals surface area contributed by atoms with E-state index >= 15 is 0 Å². The molecular weight excluding hydrogens is 127 g/mol. The molecule has 2 saturated heterocycles. The summed E-state index contributed by atoms with van der Waals surface area (Å²) in [5, 5.41) is 0. The number of rotatable bonds is 4. The van der Waals surface area contributed by atoms with Crippen molar-refractivity contribution in [3.63, 3.8) is 0 Å². The molecule has 2 rings (SSSR count). The first-order chi connectivity index (χ1) is 4.45. The summed E-state index contributed by atoms with van der Waals surface area (Å²) in [6.45, 7) is 3.26. The van der Waals surface area contributed by atoms with E-state index in [9.17, 15) is 0 Å². The molecule has 0 aromatic heterocycles. The first kappa shape index (κ1) is 8.57. The standard InChI is InChI=1S/C6H10O3.Li.H/c1(5-3-8-5)7-2-6-4-9-6;;/h5-6H,1-4H2;;. The Kier molecular flexibility index (Phi) is 3.21. The molecule has 54 valence electrons. The Bertz CT molecular complexity index is 89.2. The van der Waals surface area contributed by atoms with Gasteiger partial charge in [-0.15, -0.1) is 0 Å². The molecule has 2 aliphatic rings. The molecular formula is C6H11LiO3. The van der Waals surface area contributed by atoms with Crippen molar-refractivity contribution >= 4 is 18.9 Å². The van der Waals surface area contributed by atoms with Crippen LogP contribution in [0.25, 0.3) is 0 Å². The third kappa shape index (κ3) is 3.04. The van der Waals surface area contributed by atoms with Gasteiger partial charge in [0.15, 0.2) is 0 Å². The van der Waals surface area contributed by atoms with Gasteiger partial charge in [0.1, 0.15) is 12.2 Å². The van der Waals surface area contributed by atoms with Gasteiger partial charge < -0.3 is 14.2 Å². The predicted octanol–water partition coefficient (Wildman–Crippen LogP) is -0.848. The second-order valence-corrected chi connectivity index (χ2v) is 2.45. The number of ether oxygens (including phenoxy) is 3. The maximum absolute atomic E-state index is 5.23. The van der Waals surface area contributed by atoms with Gasteiger partial charge in [-0.1, -0.05) is 0 Å². The van der Waals surface area contributed by atoms with Gasteiger partial charge >= 0.3 is 18.9 Å². The third-order valence-electron chi connectivity index (χ3n) is 1.41. The molecule has 4 heteroatoms. The molecule has 2 heterocycles. The molecule has 0 radical (unpaired) electrons. The van der Waals surface area contributed by atoms with Gasteiger partial charge in [-0.05, 0) is 0 Å². The number of epoxide rings is 2. The Morgan fingerprint density at radius 2 is 1.50 bits per heavy atom. The second-order valence-electron chi connectivity index (χ2n) is 2.45. The normalized spacial score (nSPS) is 34.8. The van der Waals surface area contributed by atoms with E-state index in [4.69, 9.17) is 14.2 Å². The van der Waals surface area contributed by atoms with E-state index in [1.807, 2.05) is 0 Å².